The van der Waals surface area contributed by atoms with E-state index in [9.17, 15) is 18.0 Å². The number of sulfonamides is 1. The van der Waals surface area contributed by atoms with Crippen LogP contribution in [0.15, 0.2) is 34.4 Å². The van der Waals surface area contributed by atoms with Crippen molar-refractivity contribution in [3.63, 3.8) is 0 Å². The Labute approximate surface area is 165 Å². The zero-order valence-electron chi connectivity index (χ0n) is 14.8. The number of esters is 1. The number of ether oxygens (including phenoxy) is 1. The van der Waals surface area contributed by atoms with Crippen molar-refractivity contribution in [3.8, 4) is 6.07 Å². The first-order chi connectivity index (χ1) is 13.3. The smallest absolute Gasteiger partial charge is 0.306 e. The summed E-state index contributed by atoms with van der Waals surface area (Å²) in [6.45, 7) is 0.790. The highest BCUT2D eigenvalue weighted by Gasteiger charge is 2.19. The predicted octanol–water partition coefficient (Wildman–Crippen LogP) is 0.618. The second kappa shape index (κ2) is 9.36. The fraction of sp³-hybridized carbons (Fsp3) is 0.312. The Hall–Kier alpha value is -2.88. The summed E-state index contributed by atoms with van der Waals surface area (Å²) in [6.07, 6.45) is 0.0554. The lowest BCUT2D eigenvalue weighted by Crippen LogP contribution is -2.26. The molecule has 0 saturated heterocycles. The van der Waals surface area contributed by atoms with E-state index >= 15 is 0 Å². The first-order valence-corrected chi connectivity index (χ1v) is 10.2. The van der Waals surface area contributed by atoms with Crippen molar-refractivity contribution >= 4 is 44.5 Å². The molecule has 0 saturated carbocycles. The Balaban J connectivity index is 1.82. The zero-order chi connectivity index (χ0) is 20.7. The molecule has 3 N–H and O–H groups in total. The van der Waals surface area contributed by atoms with E-state index < -0.39 is 28.4 Å². The third-order valence-electron chi connectivity index (χ3n) is 3.54. The van der Waals surface area contributed by atoms with Gasteiger partial charge in [-0.05, 0) is 25.5 Å². The SMILES string of the molecule is CC(N)=C(C#N)C(=O)COC(=O)CCCNS(=O)(=O)c1cccc2nsnc12. The minimum atomic E-state index is -3.81. The summed E-state index contributed by atoms with van der Waals surface area (Å²) in [7, 11) is -3.81. The van der Waals surface area contributed by atoms with Gasteiger partial charge in [0.25, 0.3) is 0 Å². The van der Waals surface area contributed by atoms with E-state index in [2.05, 4.69) is 13.5 Å². The van der Waals surface area contributed by atoms with E-state index in [1.165, 1.54) is 13.0 Å². The van der Waals surface area contributed by atoms with Gasteiger partial charge in [-0.1, -0.05) is 6.07 Å². The second-order valence-electron chi connectivity index (χ2n) is 5.64. The fourth-order valence-corrected chi connectivity index (χ4v) is 4.01. The Morgan fingerprint density at radius 3 is 2.79 bits per heavy atom. The van der Waals surface area contributed by atoms with Gasteiger partial charge in [-0.3, -0.25) is 9.59 Å². The molecule has 1 heterocycles. The number of carbonyl (C=O) groups excluding carboxylic acids is 2. The lowest BCUT2D eigenvalue weighted by atomic mass is 10.1. The molecule has 1 aromatic heterocycles. The van der Waals surface area contributed by atoms with Gasteiger partial charge >= 0.3 is 5.97 Å². The van der Waals surface area contributed by atoms with Crippen molar-refractivity contribution in [3.05, 3.63) is 29.5 Å². The predicted molar refractivity (Wildman–Crippen MR) is 100 cm³/mol. The number of benzene rings is 1. The molecule has 0 aliphatic rings. The number of carbonyl (C=O) groups is 2. The molecule has 0 unspecified atom stereocenters. The first kappa shape index (κ1) is 21.4. The molecule has 12 heteroatoms. The normalized spacial score (nSPS) is 12.3. The summed E-state index contributed by atoms with van der Waals surface area (Å²) < 4.78 is 39.9. The molecule has 0 bridgehead atoms. The first-order valence-electron chi connectivity index (χ1n) is 8.02. The fourth-order valence-electron chi connectivity index (χ4n) is 2.18. The van der Waals surface area contributed by atoms with E-state index in [1.807, 2.05) is 0 Å². The number of aromatic nitrogens is 2. The van der Waals surface area contributed by atoms with Crippen LogP contribution in [0.5, 0.6) is 0 Å². The molecule has 1 aromatic carbocycles. The Bertz CT molecular complexity index is 1060. The number of hydrogen-bond acceptors (Lipinski definition) is 10. The van der Waals surface area contributed by atoms with Crippen molar-refractivity contribution < 1.29 is 22.7 Å². The van der Waals surface area contributed by atoms with Crippen LogP contribution < -0.4 is 10.5 Å². The highest BCUT2D eigenvalue weighted by atomic mass is 32.2. The van der Waals surface area contributed by atoms with E-state index in [4.69, 9.17) is 15.7 Å². The Morgan fingerprint density at radius 2 is 2.11 bits per heavy atom. The Kier molecular flexibility index (Phi) is 7.16. The largest absolute Gasteiger partial charge is 0.457 e. The van der Waals surface area contributed by atoms with Crippen LogP contribution in [-0.2, 0) is 24.3 Å². The van der Waals surface area contributed by atoms with Gasteiger partial charge in [0.15, 0.2) is 6.61 Å². The number of nitrogens with zero attached hydrogens (tertiary/aromatic N) is 3. The van der Waals surface area contributed by atoms with Crippen LogP contribution in [0.3, 0.4) is 0 Å². The summed E-state index contributed by atoms with van der Waals surface area (Å²) in [5.41, 5.74) is 5.95. The third kappa shape index (κ3) is 5.32. The highest BCUT2D eigenvalue weighted by molar-refractivity contribution is 7.89. The quantitative estimate of drug-likeness (QED) is 0.254. The monoisotopic (exact) mass is 423 g/mol. The van der Waals surface area contributed by atoms with Crippen LogP contribution in [0, 0.1) is 11.3 Å². The number of rotatable bonds is 9. The van der Waals surface area contributed by atoms with Crippen molar-refractivity contribution in [2.75, 3.05) is 13.2 Å². The van der Waals surface area contributed by atoms with Crippen LogP contribution in [0.25, 0.3) is 11.0 Å². The number of Topliss-reactive ketones (excluding diaryl/α,β-unsaturated/α-hetero) is 1. The molecular weight excluding hydrogens is 406 g/mol. The molecule has 0 aliphatic heterocycles. The lowest BCUT2D eigenvalue weighted by Gasteiger charge is -2.07. The molecule has 0 amide bonds. The van der Waals surface area contributed by atoms with Crippen LogP contribution in [0.2, 0.25) is 0 Å². The number of nitriles is 1. The van der Waals surface area contributed by atoms with Crippen LogP contribution in [0.4, 0.5) is 0 Å². The number of allylic oxidation sites excluding steroid dienone is 1. The molecule has 10 nitrogen and oxygen atoms in total. The molecule has 0 spiro atoms. The van der Waals surface area contributed by atoms with Gasteiger partial charge in [0.05, 0.1) is 11.7 Å². The van der Waals surface area contributed by atoms with Crippen molar-refractivity contribution in [1.82, 2.24) is 13.5 Å². The van der Waals surface area contributed by atoms with E-state index in [0.29, 0.717) is 5.52 Å². The number of ketones is 1. The average Bonchev–Trinajstić information content (AvgIpc) is 3.12. The van der Waals surface area contributed by atoms with Gasteiger partial charge in [0, 0.05) is 18.7 Å². The van der Waals surface area contributed by atoms with E-state index in [0.717, 1.165) is 11.7 Å². The summed E-state index contributed by atoms with van der Waals surface area (Å²) in [5.74, 6) is -1.38. The topological polar surface area (TPSA) is 165 Å². The van der Waals surface area contributed by atoms with Crippen LogP contribution in [-0.4, -0.2) is 42.1 Å². The molecule has 2 rings (SSSR count). The highest BCUT2D eigenvalue weighted by Crippen LogP contribution is 2.20. The molecule has 0 radical (unpaired) electrons. The molecule has 148 valence electrons. The molecule has 28 heavy (non-hydrogen) atoms. The molecular formula is C16H17N5O5S2. The molecule has 2 aromatic rings. The maximum Gasteiger partial charge on any atom is 0.306 e. The number of nitrogens with one attached hydrogen (secondary N) is 1. The van der Waals surface area contributed by atoms with Crippen molar-refractivity contribution in [2.24, 2.45) is 5.73 Å². The maximum absolute atomic E-state index is 12.4. The molecule has 0 aliphatic carbocycles. The van der Waals surface area contributed by atoms with Gasteiger partial charge in [0.1, 0.15) is 27.6 Å². The summed E-state index contributed by atoms with van der Waals surface area (Å²) >= 11 is 0.916. The number of hydrogen-bond donors (Lipinski definition) is 2. The summed E-state index contributed by atoms with van der Waals surface area (Å²) in [4.78, 5) is 23.4. The van der Waals surface area contributed by atoms with Gasteiger partial charge in [-0.25, -0.2) is 13.1 Å². The lowest BCUT2D eigenvalue weighted by molar-refractivity contribution is -0.147. The van der Waals surface area contributed by atoms with E-state index in [1.54, 1.807) is 18.2 Å². The number of fused-ring (bicyclic) bond motifs is 1. The maximum atomic E-state index is 12.4. The van der Waals surface area contributed by atoms with Crippen LogP contribution in [0.1, 0.15) is 19.8 Å². The number of nitrogens with two attached hydrogens (primary N) is 1. The minimum absolute atomic E-state index is 0.00934. The molecule has 0 fully saturated rings. The minimum Gasteiger partial charge on any atom is -0.457 e. The summed E-state index contributed by atoms with van der Waals surface area (Å²) in [5, 5.41) is 8.81. The third-order valence-corrected chi connectivity index (χ3v) is 5.57. The van der Waals surface area contributed by atoms with Gasteiger partial charge in [-0.15, -0.1) is 0 Å². The Morgan fingerprint density at radius 1 is 1.36 bits per heavy atom. The second-order valence-corrected chi connectivity index (χ2v) is 7.91. The average molecular weight is 423 g/mol. The van der Waals surface area contributed by atoms with Gasteiger partial charge in [0.2, 0.25) is 15.8 Å². The van der Waals surface area contributed by atoms with Crippen molar-refractivity contribution in [2.45, 2.75) is 24.7 Å². The van der Waals surface area contributed by atoms with Gasteiger partial charge < -0.3 is 10.5 Å². The standard InChI is InChI=1S/C16H17N5O5S2/c1-10(18)11(8-17)13(22)9-26-15(23)6-3-7-19-28(24,25)14-5-2-4-12-16(14)21-27-20-12/h2,4-5,19H,3,6-7,9,18H2,1H3. The van der Waals surface area contributed by atoms with Crippen molar-refractivity contribution in [1.29, 1.82) is 5.26 Å². The summed E-state index contributed by atoms with van der Waals surface area (Å²) in [6, 6.07) is 6.30. The zero-order valence-corrected chi connectivity index (χ0v) is 16.5. The molecule has 0 atom stereocenters. The van der Waals surface area contributed by atoms with Crippen LogP contribution >= 0.6 is 11.7 Å². The van der Waals surface area contributed by atoms with Gasteiger partial charge in [-0.2, -0.15) is 14.0 Å². The van der Waals surface area contributed by atoms with E-state index in [-0.39, 0.29) is 41.1 Å².